The first-order chi connectivity index (χ1) is 7.41. The molecule has 0 rings (SSSR count). The van der Waals surface area contributed by atoms with Gasteiger partial charge in [0.05, 0.1) is 0 Å². The van der Waals surface area contributed by atoms with Crippen molar-refractivity contribution in [2.24, 2.45) is 0 Å². The summed E-state index contributed by atoms with van der Waals surface area (Å²) in [6, 6.07) is 0. The van der Waals surface area contributed by atoms with Crippen molar-refractivity contribution < 1.29 is 4.74 Å². The van der Waals surface area contributed by atoms with Crippen molar-refractivity contribution >= 4 is 0 Å². The van der Waals surface area contributed by atoms with E-state index in [1.807, 2.05) is 69.2 Å². The third-order valence-corrected chi connectivity index (χ3v) is 0. The fraction of sp³-hybridized carbons (Fsp3) is 0.857. The smallest absolute Gasteiger partial charge is 0.0351 e. The molecule has 1 heteroatoms. The van der Waals surface area contributed by atoms with Crippen LogP contribution in [-0.4, -0.2) is 14.2 Å². The Bertz CT molecular complexity index is 9.30. The molecule has 0 heterocycles. The standard InChI is InChI=1S/C2H6O.5C2H6.C2H4/c1-3-2;6*1-2/h1-2H3;5*1-2H3;1-2H2. The molecule has 0 aromatic rings. The van der Waals surface area contributed by atoms with E-state index in [1.54, 1.807) is 14.2 Å². The zero-order chi connectivity index (χ0) is 14.7. The van der Waals surface area contributed by atoms with E-state index in [-0.39, 0.29) is 0 Å². The third kappa shape index (κ3) is 20800. The summed E-state index contributed by atoms with van der Waals surface area (Å²) < 4.78 is 4.25. The van der Waals surface area contributed by atoms with Gasteiger partial charge in [0, 0.05) is 14.2 Å². The van der Waals surface area contributed by atoms with E-state index in [0.29, 0.717) is 0 Å². The van der Waals surface area contributed by atoms with Crippen LogP contribution in [-0.2, 0) is 4.74 Å². The van der Waals surface area contributed by atoms with Crippen LogP contribution in [0.3, 0.4) is 0 Å². The molecule has 0 saturated carbocycles. The summed E-state index contributed by atoms with van der Waals surface area (Å²) >= 11 is 0. The molecule has 0 aliphatic heterocycles. The summed E-state index contributed by atoms with van der Waals surface area (Å²) in [5.41, 5.74) is 0. The quantitative estimate of drug-likeness (QED) is 0.445. The van der Waals surface area contributed by atoms with Gasteiger partial charge in [-0.1, -0.05) is 69.2 Å². The van der Waals surface area contributed by atoms with Gasteiger partial charge >= 0.3 is 0 Å². The van der Waals surface area contributed by atoms with E-state index in [0.717, 1.165) is 0 Å². The summed E-state index contributed by atoms with van der Waals surface area (Å²) in [5, 5.41) is 0. The van der Waals surface area contributed by atoms with Gasteiger partial charge in [0.2, 0.25) is 0 Å². The van der Waals surface area contributed by atoms with Gasteiger partial charge in [0.15, 0.2) is 0 Å². The molecule has 0 bridgehead atoms. The Morgan fingerprint density at radius 3 is 0.467 bits per heavy atom. The van der Waals surface area contributed by atoms with E-state index in [4.69, 9.17) is 0 Å². The molecular formula is C14H40O. The number of hydrogen-bond donors (Lipinski definition) is 0. The van der Waals surface area contributed by atoms with Gasteiger partial charge < -0.3 is 4.74 Å². The van der Waals surface area contributed by atoms with E-state index in [2.05, 4.69) is 17.9 Å². The first-order valence-electron chi connectivity index (χ1n) is 6.32. The highest BCUT2D eigenvalue weighted by atomic mass is 16.4. The monoisotopic (exact) mass is 224 g/mol. The van der Waals surface area contributed by atoms with Crippen molar-refractivity contribution in [1.82, 2.24) is 0 Å². The van der Waals surface area contributed by atoms with Gasteiger partial charge in [-0.2, -0.15) is 0 Å². The zero-order valence-corrected chi connectivity index (χ0v) is 13.8. The number of methoxy groups -OCH3 is 1. The lowest BCUT2D eigenvalue weighted by Gasteiger charge is -1.61. The molecule has 0 aromatic carbocycles. The summed E-state index contributed by atoms with van der Waals surface area (Å²) in [6.07, 6.45) is 0. The van der Waals surface area contributed by atoms with Gasteiger partial charge in [-0.05, 0) is 0 Å². The minimum atomic E-state index is 1.62. The summed E-state index contributed by atoms with van der Waals surface area (Å²) in [5.74, 6) is 0. The predicted molar refractivity (Wildman–Crippen MR) is 80.9 cm³/mol. The van der Waals surface area contributed by atoms with Crippen molar-refractivity contribution in [2.45, 2.75) is 69.2 Å². The van der Waals surface area contributed by atoms with E-state index >= 15 is 0 Å². The van der Waals surface area contributed by atoms with Crippen molar-refractivity contribution in [3.05, 3.63) is 13.2 Å². The van der Waals surface area contributed by atoms with Crippen LogP contribution in [0.4, 0.5) is 0 Å². The molecule has 0 aliphatic carbocycles. The molecule has 102 valence electrons. The van der Waals surface area contributed by atoms with Gasteiger partial charge in [0.1, 0.15) is 0 Å². The Hall–Kier alpha value is -0.300. The predicted octanol–water partition coefficient (Wildman–Crippen LogP) is 6.20. The van der Waals surface area contributed by atoms with Crippen molar-refractivity contribution in [3.8, 4) is 0 Å². The topological polar surface area (TPSA) is 9.23 Å². The molecule has 0 aliphatic rings. The molecule has 0 spiro atoms. The van der Waals surface area contributed by atoms with Crippen LogP contribution in [0.2, 0.25) is 0 Å². The molecule has 0 unspecified atom stereocenters. The molecule has 0 N–H and O–H groups in total. The van der Waals surface area contributed by atoms with Crippen LogP contribution in [0.25, 0.3) is 0 Å². The minimum Gasteiger partial charge on any atom is -0.388 e. The van der Waals surface area contributed by atoms with Gasteiger partial charge in [0.25, 0.3) is 0 Å². The fourth-order valence-corrected chi connectivity index (χ4v) is 0. The summed E-state index contributed by atoms with van der Waals surface area (Å²) in [6.45, 7) is 26.0. The normalized spacial score (nSPS) is 3.47. The molecule has 0 saturated heterocycles. The molecule has 1 nitrogen and oxygen atoms in total. The fourth-order valence-electron chi connectivity index (χ4n) is 0. The highest BCUT2D eigenvalue weighted by Crippen LogP contribution is 1.28. The number of ether oxygens (including phenoxy) is 1. The zero-order valence-electron chi connectivity index (χ0n) is 13.8. The first kappa shape index (κ1) is 46.5. The van der Waals surface area contributed by atoms with Crippen molar-refractivity contribution in [1.29, 1.82) is 0 Å². The highest BCUT2D eigenvalue weighted by molar-refractivity contribution is 4.22. The number of hydrogen-bond acceptors (Lipinski definition) is 1. The van der Waals surface area contributed by atoms with Crippen molar-refractivity contribution in [2.75, 3.05) is 14.2 Å². The van der Waals surface area contributed by atoms with Crippen molar-refractivity contribution in [3.63, 3.8) is 0 Å². The van der Waals surface area contributed by atoms with Crippen LogP contribution in [0.5, 0.6) is 0 Å². The van der Waals surface area contributed by atoms with E-state index in [1.165, 1.54) is 0 Å². The van der Waals surface area contributed by atoms with Gasteiger partial charge in [-0.15, -0.1) is 13.2 Å². The molecule has 15 heavy (non-hydrogen) atoms. The number of rotatable bonds is 0. The largest absolute Gasteiger partial charge is 0.388 e. The maximum absolute atomic E-state index is 4.25. The van der Waals surface area contributed by atoms with Crippen LogP contribution < -0.4 is 0 Å². The summed E-state index contributed by atoms with van der Waals surface area (Å²) in [7, 11) is 3.25. The lowest BCUT2D eigenvalue weighted by Crippen LogP contribution is -1.55. The maximum atomic E-state index is 4.25. The van der Waals surface area contributed by atoms with Crippen LogP contribution in [0, 0.1) is 0 Å². The molecule has 0 aromatic heterocycles. The third-order valence-electron chi connectivity index (χ3n) is 0. The second kappa shape index (κ2) is 4510. The van der Waals surface area contributed by atoms with Crippen LogP contribution >= 0.6 is 0 Å². The Labute approximate surface area is 102 Å². The van der Waals surface area contributed by atoms with E-state index < -0.39 is 0 Å². The average Bonchev–Trinajstić information content (AvgIpc) is 2.44. The molecule has 0 atom stereocenters. The van der Waals surface area contributed by atoms with Gasteiger partial charge in [-0.3, -0.25) is 0 Å². The average molecular weight is 224 g/mol. The Morgan fingerprint density at radius 1 is 0.467 bits per heavy atom. The first-order valence-corrected chi connectivity index (χ1v) is 6.32. The molecule has 0 amide bonds. The lowest BCUT2D eigenvalue weighted by molar-refractivity contribution is 0.277. The second-order valence-corrected chi connectivity index (χ2v) is 0.408. The van der Waals surface area contributed by atoms with E-state index in [9.17, 15) is 0 Å². The van der Waals surface area contributed by atoms with Gasteiger partial charge in [-0.25, -0.2) is 0 Å². The second-order valence-electron chi connectivity index (χ2n) is 0.408. The highest BCUT2D eigenvalue weighted by Gasteiger charge is 1.25. The molecular weight excluding hydrogens is 184 g/mol. The minimum absolute atomic E-state index is 1.62. The SMILES string of the molecule is C=C.CC.CC.CC.CC.CC.COC. The Balaban J connectivity index is -0.0000000101. The van der Waals surface area contributed by atoms with Crippen LogP contribution in [0.15, 0.2) is 13.2 Å². The maximum Gasteiger partial charge on any atom is 0.0351 e. The van der Waals surface area contributed by atoms with Crippen LogP contribution in [0.1, 0.15) is 69.2 Å². The Morgan fingerprint density at radius 2 is 0.467 bits per heavy atom. The molecule has 0 radical (unpaired) electrons. The lowest BCUT2D eigenvalue weighted by atomic mass is 11.0. The Kier molecular flexibility index (Phi) is 14000. The molecule has 0 fully saturated rings. The summed E-state index contributed by atoms with van der Waals surface area (Å²) in [4.78, 5) is 0.